The molecule has 2 nitrogen and oxygen atoms in total. The van der Waals surface area contributed by atoms with Gasteiger partial charge in [-0.15, -0.1) is 0 Å². The van der Waals surface area contributed by atoms with Gasteiger partial charge in [0, 0.05) is 19.1 Å². The molecule has 1 atom stereocenters. The SMILES string of the molecule is CCC1(CC)CCN(c2ccc(C(C)NC)cc2Cl)CC1. The number of anilines is 1. The van der Waals surface area contributed by atoms with E-state index in [-0.39, 0.29) is 0 Å². The van der Waals surface area contributed by atoms with Gasteiger partial charge < -0.3 is 10.2 Å². The second kappa shape index (κ2) is 7.02. The van der Waals surface area contributed by atoms with E-state index in [1.54, 1.807) is 0 Å². The van der Waals surface area contributed by atoms with Crippen LogP contribution >= 0.6 is 11.6 Å². The maximum absolute atomic E-state index is 6.53. The summed E-state index contributed by atoms with van der Waals surface area (Å²) in [6, 6.07) is 6.84. The second-order valence-corrected chi connectivity index (χ2v) is 6.82. The third-order valence-corrected chi connectivity index (χ3v) is 5.87. The van der Waals surface area contributed by atoms with Crippen LogP contribution in [0.1, 0.15) is 58.1 Å². The van der Waals surface area contributed by atoms with Crippen molar-refractivity contribution in [2.24, 2.45) is 5.41 Å². The van der Waals surface area contributed by atoms with Crippen molar-refractivity contribution < 1.29 is 0 Å². The Kier molecular flexibility index (Phi) is 5.56. The van der Waals surface area contributed by atoms with E-state index in [0.717, 1.165) is 18.1 Å². The lowest BCUT2D eigenvalue weighted by Gasteiger charge is -2.42. The normalized spacial score (nSPS) is 19.6. The molecular weight excluding hydrogens is 280 g/mol. The molecule has 1 unspecified atom stereocenters. The van der Waals surface area contributed by atoms with Gasteiger partial charge in [0.25, 0.3) is 0 Å². The van der Waals surface area contributed by atoms with Gasteiger partial charge in [0.05, 0.1) is 10.7 Å². The van der Waals surface area contributed by atoms with Gasteiger partial charge in [0.1, 0.15) is 0 Å². The molecule has 1 aromatic carbocycles. The molecule has 0 radical (unpaired) electrons. The number of hydrogen-bond acceptors (Lipinski definition) is 2. The molecular formula is C18H29ClN2. The summed E-state index contributed by atoms with van der Waals surface area (Å²) in [6.07, 6.45) is 5.16. The zero-order valence-corrected chi connectivity index (χ0v) is 14.6. The van der Waals surface area contributed by atoms with Gasteiger partial charge in [0.2, 0.25) is 0 Å². The Morgan fingerprint density at radius 2 is 1.86 bits per heavy atom. The van der Waals surface area contributed by atoms with E-state index in [1.807, 2.05) is 7.05 Å². The van der Waals surface area contributed by atoms with Crippen LogP contribution in [0.2, 0.25) is 5.02 Å². The van der Waals surface area contributed by atoms with Crippen LogP contribution in [0.3, 0.4) is 0 Å². The first-order valence-corrected chi connectivity index (χ1v) is 8.64. The van der Waals surface area contributed by atoms with Gasteiger partial charge in [-0.3, -0.25) is 0 Å². The number of nitrogens with zero attached hydrogens (tertiary/aromatic N) is 1. The fraction of sp³-hybridized carbons (Fsp3) is 0.667. The van der Waals surface area contributed by atoms with E-state index >= 15 is 0 Å². The molecule has 0 spiro atoms. The van der Waals surface area contributed by atoms with Crippen molar-refractivity contribution in [1.82, 2.24) is 5.32 Å². The lowest BCUT2D eigenvalue weighted by Crippen LogP contribution is -2.39. The number of benzene rings is 1. The molecule has 118 valence electrons. The van der Waals surface area contributed by atoms with Crippen LogP contribution in [0.15, 0.2) is 18.2 Å². The van der Waals surface area contributed by atoms with E-state index < -0.39 is 0 Å². The Labute approximate surface area is 134 Å². The first-order valence-electron chi connectivity index (χ1n) is 8.27. The maximum atomic E-state index is 6.53. The molecule has 1 N–H and O–H groups in total. The van der Waals surface area contributed by atoms with Crippen molar-refractivity contribution in [1.29, 1.82) is 0 Å². The lowest BCUT2D eigenvalue weighted by molar-refractivity contribution is 0.199. The molecule has 21 heavy (non-hydrogen) atoms. The van der Waals surface area contributed by atoms with Crippen LogP contribution in [-0.4, -0.2) is 20.1 Å². The Hall–Kier alpha value is -0.730. The molecule has 1 aliphatic rings. The number of piperidine rings is 1. The highest BCUT2D eigenvalue weighted by Crippen LogP contribution is 2.40. The van der Waals surface area contributed by atoms with Crippen LogP contribution in [0, 0.1) is 5.41 Å². The number of hydrogen-bond donors (Lipinski definition) is 1. The van der Waals surface area contributed by atoms with Gasteiger partial charge in [-0.05, 0) is 49.9 Å². The molecule has 0 aliphatic carbocycles. The zero-order valence-electron chi connectivity index (χ0n) is 13.9. The number of nitrogens with one attached hydrogen (secondary N) is 1. The molecule has 0 amide bonds. The molecule has 1 heterocycles. The summed E-state index contributed by atoms with van der Waals surface area (Å²) in [6.45, 7) is 9.08. The monoisotopic (exact) mass is 308 g/mol. The second-order valence-electron chi connectivity index (χ2n) is 6.42. The van der Waals surface area contributed by atoms with E-state index in [2.05, 4.69) is 49.2 Å². The van der Waals surface area contributed by atoms with Crippen molar-refractivity contribution in [2.75, 3.05) is 25.0 Å². The van der Waals surface area contributed by atoms with Crippen LogP contribution in [0.25, 0.3) is 0 Å². The molecule has 0 saturated carbocycles. The van der Waals surface area contributed by atoms with Crippen LogP contribution in [-0.2, 0) is 0 Å². The minimum Gasteiger partial charge on any atom is -0.370 e. The minimum atomic E-state index is 0.339. The molecule has 1 saturated heterocycles. The zero-order chi connectivity index (χ0) is 15.5. The highest BCUT2D eigenvalue weighted by molar-refractivity contribution is 6.33. The van der Waals surface area contributed by atoms with Crippen molar-refractivity contribution in [2.45, 2.75) is 52.5 Å². The third kappa shape index (κ3) is 3.54. The van der Waals surface area contributed by atoms with Crippen LogP contribution in [0.5, 0.6) is 0 Å². The fourth-order valence-corrected chi connectivity index (χ4v) is 3.70. The van der Waals surface area contributed by atoms with E-state index in [4.69, 9.17) is 11.6 Å². The predicted molar refractivity (Wildman–Crippen MR) is 93.4 cm³/mol. The molecule has 1 fully saturated rings. The van der Waals surface area contributed by atoms with E-state index in [0.29, 0.717) is 11.5 Å². The molecule has 1 aromatic rings. The number of halogens is 1. The Morgan fingerprint density at radius 1 is 1.24 bits per heavy atom. The smallest absolute Gasteiger partial charge is 0.0642 e. The predicted octanol–water partition coefficient (Wildman–Crippen LogP) is 5.03. The summed E-state index contributed by atoms with van der Waals surface area (Å²) in [5, 5.41) is 4.15. The molecule has 2 rings (SSSR count). The van der Waals surface area contributed by atoms with E-state index in [9.17, 15) is 0 Å². The van der Waals surface area contributed by atoms with Crippen molar-refractivity contribution in [3.8, 4) is 0 Å². The van der Waals surface area contributed by atoms with Crippen LogP contribution < -0.4 is 10.2 Å². The van der Waals surface area contributed by atoms with E-state index in [1.165, 1.54) is 36.9 Å². The molecule has 0 bridgehead atoms. The number of rotatable bonds is 5. The lowest BCUT2D eigenvalue weighted by atomic mass is 9.74. The summed E-state index contributed by atoms with van der Waals surface area (Å²) in [4.78, 5) is 2.46. The molecule has 3 heteroatoms. The average Bonchev–Trinajstić information content (AvgIpc) is 2.54. The van der Waals surface area contributed by atoms with Gasteiger partial charge >= 0.3 is 0 Å². The Balaban J connectivity index is 2.10. The maximum Gasteiger partial charge on any atom is 0.0642 e. The van der Waals surface area contributed by atoms with Crippen LogP contribution in [0.4, 0.5) is 5.69 Å². The fourth-order valence-electron chi connectivity index (χ4n) is 3.39. The van der Waals surface area contributed by atoms with Gasteiger partial charge in [-0.1, -0.05) is 44.4 Å². The first kappa shape index (κ1) is 16.6. The minimum absolute atomic E-state index is 0.339. The van der Waals surface area contributed by atoms with Gasteiger partial charge in [-0.25, -0.2) is 0 Å². The topological polar surface area (TPSA) is 15.3 Å². The van der Waals surface area contributed by atoms with Crippen molar-refractivity contribution in [3.05, 3.63) is 28.8 Å². The van der Waals surface area contributed by atoms with Crippen molar-refractivity contribution in [3.63, 3.8) is 0 Å². The third-order valence-electron chi connectivity index (χ3n) is 5.57. The Morgan fingerprint density at radius 3 is 2.33 bits per heavy atom. The summed E-state index contributed by atoms with van der Waals surface area (Å²) in [5.41, 5.74) is 3.01. The highest BCUT2D eigenvalue weighted by atomic mass is 35.5. The highest BCUT2D eigenvalue weighted by Gasteiger charge is 2.31. The average molecular weight is 309 g/mol. The Bertz CT molecular complexity index is 458. The summed E-state index contributed by atoms with van der Waals surface area (Å²) in [7, 11) is 1.98. The largest absolute Gasteiger partial charge is 0.370 e. The van der Waals surface area contributed by atoms with Gasteiger partial charge in [-0.2, -0.15) is 0 Å². The summed E-state index contributed by atoms with van der Waals surface area (Å²) in [5.74, 6) is 0. The molecule has 0 aromatic heterocycles. The van der Waals surface area contributed by atoms with Crippen molar-refractivity contribution >= 4 is 17.3 Å². The standard InChI is InChI=1S/C18H29ClN2/c1-5-18(6-2)9-11-21(12-10-18)17-8-7-15(13-16(17)19)14(3)20-4/h7-8,13-14,20H,5-6,9-12H2,1-4H3. The molecule has 1 aliphatic heterocycles. The summed E-state index contributed by atoms with van der Waals surface area (Å²) >= 11 is 6.53. The van der Waals surface area contributed by atoms with Gasteiger partial charge in [0.15, 0.2) is 0 Å². The quantitative estimate of drug-likeness (QED) is 0.821. The first-order chi connectivity index (χ1) is 10.0. The summed E-state index contributed by atoms with van der Waals surface area (Å²) < 4.78 is 0.